The van der Waals surface area contributed by atoms with E-state index >= 15 is 0 Å². The van der Waals surface area contributed by atoms with E-state index in [-0.39, 0.29) is 11.8 Å². The van der Waals surface area contributed by atoms with Gasteiger partial charge < -0.3 is 10.0 Å². The lowest BCUT2D eigenvalue weighted by Crippen LogP contribution is -2.46. The summed E-state index contributed by atoms with van der Waals surface area (Å²) in [4.78, 5) is 20.3. The van der Waals surface area contributed by atoms with Crippen molar-refractivity contribution in [3.8, 4) is 0 Å². The largest absolute Gasteiger partial charge is 0.380 e. The summed E-state index contributed by atoms with van der Waals surface area (Å²) in [5, 5.41) is 13.0. The Morgan fingerprint density at radius 3 is 2.03 bits per heavy atom. The number of likely N-dealkylation sites (tertiary alicyclic amines) is 1. The number of aromatic nitrogens is 1. The van der Waals surface area contributed by atoms with E-state index in [0.717, 1.165) is 39.5 Å². The van der Waals surface area contributed by atoms with Crippen LogP contribution >= 0.6 is 11.3 Å². The molecule has 1 aliphatic rings. The third-order valence-corrected chi connectivity index (χ3v) is 7.25. The average molecular weight is 421 g/mol. The summed E-state index contributed by atoms with van der Waals surface area (Å²) in [6.07, 6.45) is 1.96. The highest BCUT2D eigenvalue weighted by molar-refractivity contribution is 7.11. The molecule has 1 fully saturated rings. The van der Waals surface area contributed by atoms with E-state index in [1.807, 2.05) is 79.4 Å². The van der Waals surface area contributed by atoms with Crippen LogP contribution in [0.3, 0.4) is 0 Å². The van der Waals surface area contributed by atoms with Crippen molar-refractivity contribution in [3.05, 3.63) is 87.4 Å². The molecule has 0 saturated carbocycles. The minimum Gasteiger partial charge on any atom is -0.380 e. The van der Waals surface area contributed by atoms with Crippen LogP contribution in [0.15, 0.2) is 60.7 Å². The zero-order valence-corrected chi connectivity index (χ0v) is 18.4. The Hall–Kier alpha value is -2.50. The van der Waals surface area contributed by atoms with Crippen molar-refractivity contribution in [2.45, 2.75) is 38.7 Å². The summed E-state index contributed by atoms with van der Waals surface area (Å²) >= 11 is 1.61. The normalized spacial score (nSPS) is 15.4. The average Bonchev–Trinajstić information content (AvgIpc) is 3.11. The summed E-state index contributed by atoms with van der Waals surface area (Å²) in [6, 6.07) is 19.8. The number of nitrogens with zero attached hydrogens (tertiary/aromatic N) is 2. The van der Waals surface area contributed by atoms with Crippen molar-refractivity contribution >= 4 is 17.2 Å². The third-order valence-electron chi connectivity index (χ3n) is 6.18. The zero-order chi connectivity index (χ0) is 21.1. The van der Waals surface area contributed by atoms with Crippen LogP contribution in [0.1, 0.15) is 39.5 Å². The molecule has 2 heterocycles. The number of hydrogen-bond donors (Lipinski definition) is 1. The van der Waals surface area contributed by atoms with Gasteiger partial charge in [-0.3, -0.25) is 4.79 Å². The van der Waals surface area contributed by atoms with Gasteiger partial charge in [-0.15, -0.1) is 11.3 Å². The molecule has 1 amide bonds. The fraction of sp³-hybridized carbons (Fsp3) is 0.360. The van der Waals surface area contributed by atoms with Crippen molar-refractivity contribution in [3.63, 3.8) is 0 Å². The van der Waals surface area contributed by atoms with Crippen LogP contribution in [-0.4, -0.2) is 34.0 Å². The molecular weight excluding hydrogens is 392 g/mol. The first kappa shape index (κ1) is 20.8. The molecule has 1 saturated heterocycles. The number of aryl methyl sites for hydroxylation is 2. The van der Waals surface area contributed by atoms with Gasteiger partial charge in [0.25, 0.3) is 0 Å². The number of carbonyl (C=O) groups is 1. The smallest absolute Gasteiger partial charge is 0.227 e. The SMILES string of the molecule is Cc1nc(C)c(CC(=O)N2CCC(C(O)(c3ccccc3)c3ccccc3)CC2)s1. The van der Waals surface area contributed by atoms with Gasteiger partial charge in [-0.2, -0.15) is 0 Å². The molecule has 2 aromatic carbocycles. The van der Waals surface area contributed by atoms with Crippen LogP contribution in [0.2, 0.25) is 0 Å². The molecule has 4 nitrogen and oxygen atoms in total. The molecule has 156 valence electrons. The van der Waals surface area contributed by atoms with E-state index in [1.54, 1.807) is 11.3 Å². The number of thiazole rings is 1. The second-order valence-corrected chi connectivity index (χ2v) is 9.36. The lowest BCUT2D eigenvalue weighted by molar-refractivity contribution is -0.133. The number of piperidine rings is 1. The van der Waals surface area contributed by atoms with Gasteiger partial charge in [0.1, 0.15) is 5.60 Å². The minimum atomic E-state index is -1.05. The highest BCUT2D eigenvalue weighted by Crippen LogP contribution is 2.42. The lowest BCUT2D eigenvalue weighted by atomic mass is 9.72. The molecule has 0 spiro atoms. The Bertz CT molecular complexity index is 953. The maximum atomic E-state index is 12.9. The highest BCUT2D eigenvalue weighted by atomic mass is 32.1. The Morgan fingerprint density at radius 1 is 1.03 bits per heavy atom. The van der Waals surface area contributed by atoms with Crippen molar-refractivity contribution in [2.75, 3.05) is 13.1 Å². The van der Waals surface area contributed by atoms with E-state index in [9.17, 15) is 9.90 Å². The lowest BCUT2D eigenvalue weighted by Gasteiger charge is -2.42. The Labute approximate surface area is 182 Å². The number of carbonyl (C=O) groups excluding carboxylic acids is 1. The molecule has 0 atom stereocenters. The number of aliphatic hydroxyl groups is 1. The first-order chi connectivity index (χ1) is 14.5. The first-order valence-electron chi connectivity index (χ1n) is 10.5. The fourth-order valence-corrected chi connectivity index (χ4v) is 5.48. The highest BCUT2D eigenvalue weighted by Gasteiger charge is 2.42. The maximum absolute atomic E-state index is 12.9. The Kier molecular flexibility index (Phi) is 6.02. The van der Waals surface area contributed by atoms with Gasteiger partial charge in [-0.05, 0) is 43.7 Å². The number of rotatable bonds is 5. The summed E-state index contributed by atoms with van der Waals surface area (Å²) < 4.78 is 0. The molecule has 0 aliphatic carbocycles. The first-order valence-corrected chi connectivity index (χ1v) is 11.3. The van der Waals surface area contributed by atoms with Gasteiger partial charge >= 0.3 is 0 Å². The summed E-state index contributed by atoms with van der Waals surface area (Å²) in [5.74, 6) is 0.210. The van der Waals surface area contributed by atoms with Crippen molar-refractivity contribution in [2.24, 2.45) is 5.92 Å². The van der Waals surface area contributed by atoms with E-state index < -0.39 is 5.60 Å². The number of benzene rings is 2. The Balaban J connectivity index is 1.51. The van der Waals surface area contributed by atoms with Gasteiger partial charge in [0, 0.05) is 18.0 Å². The molecule has 1 aliphatic heterocycles. The van der Waals surface area contributed by atoms with Crippen molar-refractivity contribution in [1.29, 1.82) is 0 Å². The predicted octanol–water partition coefficient (Wildman–Crippen LogP) is 4.48. The minimum absolute atomic E-state index is 0.0544. The van der Waals surface area contributed by atoms with Gasteiger partial charge in [0.05, 0.1) is 17.1 Å². The molecule has 3 aromatic rings. The number of amides is 1. The summed E-state index contributed by atoms with van der Waals surface area (Å²) in [5.41, 5.74) is 1.74. The summed E-state index contributed by atoms with van der Waals surface area (Å²) in [7, 11) is 0. The fourth-order valence-electron chi connectivity index (χ4n) is 4.56. The zero-order valence-electron chi connectivity index (χ0n) is 17.5. The van der Waals surface area contributed by atoms with E-state index in [2.05, 4.69) is 4.98 Å². The number of hydrogen-bond acceptors (Lipinski definition) is 4. The topological polar surface area (TPSA) is 53.4 Å². The second-order valence-electron chi connectivity index (χ2n) is 8.07. The molecule has 4 rings (SSSR count). The standard InChI is InChI=1S/C25H28N2O2S/c1-18-23(30-19(2)26-18)17-24(28)27-15-13-22(14-16-27)25(29,20-9-5-3-6-10-20)21-11-7-4-8-12-21/h3-12,22,29H,13-17H2,1-2H3. The molecular formula is C25H28N2O2S. The van der Waals surface area contributed by atoms with E-state index in [4.69, 9.17) is 0 Å². The summed E-state index contributed by atoms with van der Waals surface area (Å²) in [6.45, 7) is 5.29. The molecule has 0 unspecified atom stereocenters. The quantitative estimate of drug-likeness (QED) is 0.662. The monoisotopic (exact) mass is 420 g/mol. The molecule has 30 heavy (non-hydrogen) atoms. The van der Waals surface area contributed by atoms with Crippen LogP contribution < -0.4 is 0 Å². The van der Waals surface area contributed by atoms with Gasteiger partial charge in [-0.1, -0.05) is 60.7 Å². The van der Waals surface area contributed by atoms with Crippen molar-refractivity contribution in [1.82, 2.24) is 9.88 Å². The van der Waals surface area contributed by atoms with E-state index in [1.165, 1.54) is 0 Å². The van der Waals surface area contributed by atoms with Crippen LogP contribution in [0, 0.1) is 19.8 Å². The van der Waals surface area contributed by atoms with Crippen LogP contribution in [0.5, 0.6) is 0 Å². The van der Waals surface area contributed by atoms with Crippen molar-refractivity contribution < 1.29 is 9.90 Å². The molecule has 0 radical (unpaired) electrons. The van der Waals surface area contributed by atoms with E-state index in [0.29, 0.717) is 19.5 Å². The third kappa shape index (κ3) is 4.05. The van der Waals surface area contributed by atoms with Crippen LogP contribution in [0.25, 0.3) is 0 Å². The van der Waals surface area contributed by atoms with Crippen LogP contribution in [-0.2, 0) is 16.8 Å². The van der Waals surface area contributed by atoms with Gasteiger partial charge in [-0.25, -0.2) is 4.98 Å². The van der Waals surface area contributed by atoms with Gasteiger partial charge in [0.15, 0.2) is 0 Å². The van der Waals surface area contributed by atoms with Gasteiger partial charge in [0.2, 0.25) is 5.91 Å². The predicted molar refractivity (Wildman–Crippen MR) is 120 cm³/mol. The molecule has 1 aromatic heterocycles. The second kappa shape index (κ2) is 8.70. The molecule has 0 bridgehead atoms. The Morgan fingerprint density at radius 2 is 1.57 bits per heavy atom. The molecule has 1 N–H and O–H groups in total. The van der Waals surface area contributed by atoms with Crippen LogP contribution in [0.4, 0.5) is 0 Å². The maximum Gasteiger partial charge on any atom is 0.227 e. The molecule has 5 heteroatoms.